The number of hydrogen-bond acceptors (Lipinski definition) is 2. The van der Waals surface area contributed by atoms with Crippen LogP contribution in [-0.4, -0.2) is 9.91 Å². The number of halogens is 2. The van der Waals surface area contributed by atoms with Crippen molar-refractivity contribution in [2.45, 2.75) is 0 Å². The first kappa shape index (κ1) is 11.0. The molecule has 0 bridgehead atoms. The zero-order chi connectivity index (χ0) is 11.7. The Morgan fingerprint density at radius 2 is 1.88 bits per heavy atom. The maximum absolute atomic E-state index is 10.8. The Hall–Kier alpha value is -1.52. The highest BCUT2D eigenvalue weighted by atomic mass is 35.5. The average Bonchev–Trinajstić information content (AvgIpc) is 2.60. The number of nitrogens with zero attached hydrogens (tertiary/aromatic N) is 1. The van der Waals surface area contributed by atoms with Crippen LogP contribution in [0.4, 0.5) is 5.69 Å². The first-order valence-corrected chi connectivity index (χ1v) is 5.13. The van der Waals surface area contributed by atoms with Gasteiger partial charge in [-0.2, -0.15) is 0 Å². The summed E-state index contributed by atoms with van der Waals surface area (Å²) in [7, 11) is 0. The van der Waals surface area contributed by atoms with E-state index in [0.717, 1.165) is 0 Å². The van der Waals surface area contributed by atoms with E-state index in [1.54, 1.807) is 24.4 Å². The zero-order valence-electron chi connectivity index (χ0n) is 7.91. The molecule has 1 aromatic carbocycles. The van der Waals surface area contributed by atoms with Gasteiger partial charge in [-0.15, -0.1) is 0 Å². The first-order valence-electron chi connectivity index (χ1n) is 4.37. The van der Waals surface area contributed by atoms with Crippen molar-refractivity contribution < 1.29 is 4.92 Å². The molecule has 82 valence electrons. The van der Waals surface area contributed by atoms with Gasteiger partial charge in [0, 0.05) is 17.8 Å². The van der Waals surface area contributed by atoms with Crippen molar-refractivity contribution in [3.8, 4) is 11.1 Å². The number of nitro benzene ring substituents is 1. The number of para-hydroxylation sites is 1. The number of benzene rings is 1. The Kier molecular flexibility index (Phi) is 2.85. The summed E-state index contributed by atoms with van der Waals surface area (Å²) in [5, 5.41) is 11.4. The third kappa shape index (κ3) is 1.77. The Morgan fingerprint density at radius 1 is 1.19 bits per heavy atom. The molecule has 1 aromatic heterocycles. The van der Waals surface area contributed by atoms with Gasteiger partial charge < -0.3 is 4.98 Å². The molecule has 0 spiro atoms. The van der Waals surface area contributed by atoms with E-state index in [9.17, 15) is 10.1 Å². The molecule has 0 fully saturated rings. The number of hydrogen-bond donors (Lipinski definition) is 1. The minimum absolute atomic E-state index is 0.0000617. The Bertz CT molecular complexity index is 552. The Labute approximate surface area is 101 Å². The summed E-state index contributed by atoms with van der Waals surface area (Å²) >= 11 is 11.7. The van der Waals surface area contributed by atoms with Gasteiger partial charge >= 0.3 is 0 Å². The second-order valence-electron chi connectivity index (χ2n) is 3.10. The summed E-state index contributed by atoms with van der Waals surface area (Å²) in [6.45, 7) is 0. The molecule has 4 nitrogen and oxygen atoms in total. The van der Waals surface area contributed by atoms with E-state index < -0.39 is 4.92 Å². The van der Waals surface area contributed by atoms with Crippen LogP contribution in [0.15, 0.2) is 30.5 Å². The van der Waals surface area contributed by atoms with Gasteiger partial charge in [-0.3, -0.25) is 10.1 Å². The van der Waals surface area contributed by atoms with Crippen molar-refractivity contribution in [1.29, 1.82) is 0 Å². The molecule has 6 heteroatoms. The number of aromatic nitrogens is 1. The molecule has 0 amide bonds. The predicted molar refractivity (Wildman–Crippen MR) is 62.9 cm³/mol. The van der Waals surface area contributed by atoms with Crippen LogP contribution in [0.1, 0.15) is 0 Å². The highest BCUT2D eigenvalue weighted by Gasteiger charge is 2.18. The van der Waals surface area contributed by atoms with Crippen molar-refractivity contribution >= 4 is 28.9 Å². The second-order valence-corrected chi connectivity index (χ2v) is 3.86. The minimum atomic E-state index is -0.452. The van der Waals surface area contributed by atoms with Crippen molar-refractivity contribution in [2.24, 2.45) is 0 Å². The third-order valence-corrected chi connectivity index (χ3v) is 2.95. The lowest BCUT2D eigenvalue weighted by atomic mass is 10.1. The van der Waals surface area contributed by atoms with Crippen molar-refractivity contribution in [1.82, 2.24) is 4.98 Å². The van der Waals surface area contributed by atoms with Gasteiger partial charge in [-0.1, -0.05) is 35.3 Å². The number of rotatable bonds is 2. The smallest absolute Gasteiger partial charge is 0.277 e. The molecule has 0 aliphatic carbocycles. The quantitative estimate of drug-likeness (QED) is 0.655. The fraction of sp³-hybridized carbons (Fsp3) is 0. The molecule has 0 atom stereocenters. The van der Waals surface area contributed by atoms with Gasteiger partial charge in [0.25, 0.3) is 5.69 Å². The standard InChI is InChI=1S/C10H6Cl2N2O2/c11-9-7(5-13-10(9)12)6-3-1-2-4-8(6)14(15)16/h1-5,13H. The number of nitro groups is 1. The minimum Gasteiger partial charge on any atom is -0.351 e. The molecule has 0 unspecified atom stereocenters. The van der Waals surface area contributed by atoms with E-state index in [1.165, 1.54) is 6.07 Å². The van der Waals surface area contributed by atoms with E-state index >= 15 is 0 Å². The van der Waals surface area contributed by atoms with Crippen LogP contribution < -0.4 is 0 Å². The van der Waals surface area contributed by atoms with Crippen LogP contribution in [0.5, 0.6) is 0 Å². The Balaban J connectivity index is 2.64. The van der Waals surface area contributed by atoms with Gasteiger partial charge in [-0.05, 0) is 6.07 Å². The first-order chi connectivity index (χ1) is 7.61. The van der Waals surface area contributed by atoms with Gasteiger partial charge in [0.1, 0.15) is 5.15 Å². The summed E-state index contributed by atoms with van der Waals surface area (Å²) in [5.74, 6) is 0. The molecule has 16 heavy (non-hydrogen) atoms. The summed E-state index contributed by atoms with van der Waals surface area (Å²) in [6, 6.07) is 6.36. The number of H-pyrrole nitrogens is 1. The molecule has 1 N–H and O–H groups in total. The molecule has 0 aliphatic heterocycles. The second kappa shape index (κ2) is 4.15. The highest BCUT2D eigenvalue weighted by Crippen LogP contribution is 2.37. The van der Waals surface area contributed by atoms with Crippen molar-refractivity contribution in [3.63, 3.8) is 0 Å². The lowest BCUT2D eigenvalue weighted by Crippen LogP contribution is -1.90. The van der Waals surface area contributed by atoms with Crippen LogP contribution in [-0.2, 0) is 0 Å². The number of aromatic amines is 1. The number of nitrogens with one attached hydrogen (secondary N) is 1. The Morgan fingerprint density at radius 3 is 2.44 bits per heavy atom. The molecule has 0 saturated carbocycles. The zero-order valence-corrected chi connectivity index (χ0v) is 9.42. The van der Waals surface area contributed by atoms with Gasteiger partial charge in [0.2, 0.25) is 0 Å². The molecule has 2 aromatic rings. The van der Waals surface area contributed by atoms with Crippen LogP contribution in [0.25, 0.3) is 11.1 Å². The molecule has 1 heterocycles. The molecule has 0 radical (unpaired) electrons. The normalized spacial score (nSPS) is 10.4. The predicted octanol–water partition coefficient (Wildman–Crippen LogP) is 3.90. The summed E-state index contributed by atoms with van der Waals surface area (Å²) in [6.07, 6.45) is 1.55. The molecule has 2 rings (SSSR count). The van der Waals surface area contributed by atoms with Gasteiger partial charge in [0.15, 0.2) is 0 Å². The van der Waals surface area contributed by atoms with Crippen LogP contribution in [0, 0.1) is 10.1 Å². The topological polar surface area (TPSA) is 58.9 Å². The average molecular weight is 257 g/mol. The van der Waals surface area contributed by atoms with E-state index in [0.29, 0.717) is 11.1 Å². The third-order valence-electron chi connectivity index (χ3n) is 2.16. The fourth-order valence-corrected chi connectivity index (χ4v) is 1.80. The van der Waals surface area contributed by atoms with E-state index in [1.807, 2.05) is 0 Å². The highest BCUT2D eigenvalue weighted by molar-refractivity contribution is 6.43. The fourth-order valence-electron chi connectivity index (χ4n) is 1.44. The molecule has 0 aliphatic rings. The van der Waals surface area contributed by atoms with Crippen LogP contribution in [0.3, 0.4) is 0 Å². The van der Waals surface area contributed by atoms with E-state index in [2.05, 4.69) is 4.98 Å². The van der Waals surface area contributed by atoms with Crippen LogP contribution in [0.2, 0.25) is 10.2 Å². The summed E-state index contributed by atoms with van der Waals surface area (Å²) < 4.78 is 0. The van der Waals surface area contributed by atoms with E-state index in [-0.39, 0.29) is 15.9 Å². The van der Waals surface area contributed by atoms with Crippen LogP contribution >= 0.6 is 23.2 Å². The lowest BCUT2D eigenvalue weighted by molar-refractivity contribution is -0.384. The SMILES string of the molecule is O=[N+]([O-])c1ccccc1-c1c[nH]c(Cl)c1Cl. The maximum Gasteiger partial charge on any atom is 0.277 e. The molecular formula is C10H6Cl2N2O2. The maximum atomic E-state index is 10.8. The largest absolute Gasteiger partial charge is 0.351 e. The summed E-state index contributed by atoms with van der Waals surface area (Å²) in [5.41, 5.74) is 0.972. The van der Waals surface area contributed by atoms with E-state index in [4.69, 9.17) is 23.2 Å². The lowest BCUT2D eigenvalue weighted by Gasteiger charge is -2.00. The monoisotopic (exact) mass is 256 g/mol. The van der Waals surface area contributed by atoms with Gasteiger partial charge in [0.05, 0.1) is 15.5 Å². The summed E-state index contributed by atoms with van der Waals surface area (Å²) in [4.78, 5) is 13.1. The molecular weight excluding hydrogens is 251 g/mol. The van der Waals surface area contributed by atoms with Crippen molar-refractivity contribution in [2.75, 3.05) is 0 Å². The molecule has 0 saturated heterocycles. The van der Waals surface area contributed by atoms with Crippen molar-refractivity contribution in [3.05, 3.63) is 50.8 Å². The van der Waals surface area contributed by atoms with Gasteiger partial charge in [-0.25, -0.2) is 0 Å².